The summed E-state index contributed by atoms with van der Waals surface area (Å²) in [4.78, 5) is 33.9. The predicted molar refractivity (Wildman–Crippen MR) is 92.5 cm³/mol. The Morgan fingerprint density at radius 1 is 1.08 bits per heavy atom. The zero-order valence-corrected chi connectivity index (χ0v) is 14.5. The molecule has 2 fully saturated rings. The van der Waals surface area contributed by atoms with Gasteiger partial charge in [0.1, 0.15) is 5.69 Å². The molecule has 1 saturated carbocycles. The molecule has 24 heavy (non-hydrogen) atoms. The average Bonchev–Trinajstić information content (AvgIpc) is 3.08. The highest BCUT2D eigenvalue weighted by atomic mass is 16.2. The van der Waals surface area contributed by atoms with Gasteiger partial charge in [-0.3, -0.25) is 14.6 Å². The van der Waals surface area contributed by atoms with E-state index in [0.29, 0.717) is 5.69 Å². The first kappa shape index (κ1) is 16.9. The van der Waals surface area contributed by atoms with Crippen LogP contribution >= 0.6 is 0 Å². The number of amides is 2. The number of carbonyl (C=O) groups is 2. The van der Waals surface area contributed by atoms with Crippen molar-refractivity contribution in [1.82, 2.24) is 14.8 Å². The van der Waals surface area contributed by atoms with Crippen molar-refractivity contribution in [2.75, 3.05) is 20.1 Å². The summed E-state index contributed by atoms with van der Waals surface area (Å²) < 4.78 is 0. The van der Waals surface area contributed by atoms with Gasteiger partial charge in [0.15, 0.2) is 0 Å². The molecular formula is C19H27N3O2. The van der Waals surface area contributed by atoms with Crippen molar-refractivity contribution >= 4 is 11.8 Å². The topological polar surface area (TPSA) is 53.5 Å². The van der Waals surface area contributed by atoms with Gasteiger partial charge in [-0.05, 0) is 37.8 Å². The van der Waals surface area contributed by atoms with Crippen LogP contribution in [0, 0.1) is 5.92 Å². The molecule has 0 spiro atoms. The van der Waals surface area contributed by atoms with E-state index in [9.17, 15) is 9.59 Å². The lowest BCUT2D eigenvalue weighted by molar-refractivity contribution is -0.135. The standard InChI is InChI=1S/C19H27N3O2/c1-21-13-6-2-3-7-14-22(17-11-8-9-15(17)18(21)23)19(24)16-10-4-5-12-20-16/h4-5,10,12,15,17H,2-3,6-9,11,13-14H2,1H3/t15-,17+/m1/s1. The molecule has 1 aromatic heterocycles. The molecule has 0 aromatic carbocycles. The first-order valence-electron chi connectivity index (χ1n) is 9.15. The lowest BCUT2D eigenvalue weighted by atomic mass is 9.99. The largest absolute Gasteiger partial charge is 0.345 e. The fourth-order valence-corrected chi connectivity index (χ4v) is 4.03. The zero-order chi connectivity index (χ0) is 16.9. The van der Waals surface area contributed by atoms with Crippen LogP contribution in [0.4, 0.5) is 0 Å². The molecule has 130 valence electrons. The van der Waals surface area contributed by atoms with Crippen LogP contribution in [0.25, 0.3) is 0 Å². The van der Waals surface area contributed by atoms with E-state index in [1.165, 1.54) is 0 Å². The Hall–Kier alpha value is -1.91. The van der Waals surface area contributed by atoms with Gasteiger partial charge in [0, 0.05) is 32.4 Å². The van der Waals surface area contributed by atoms with Crippen molar-refractivity contribution in [2.45, 2.75) is 51.0 Å². The summed E-state index contributed by atoms with van der Waals surface area (Å²) in [6.07, 6.45) is 8.74. The highest BCUT2D eigenvalue weighted by Gasteiger charge is 2.40. The average molecular weight is 329 g/mol. The van der Waals surface area contributed by atoms with Gasteiger partial charge in [-0.15, -0.1) is 0 Å². The second-order valence-electron chi connectivity index (χ2n) is 6.99. The Kier molecular flexibility index (Phi) is 5.48. The monoisotopic (exact) mass is 329 g/mol. The third-order valence-corrected chi connectivity index (χ3v) is 5.36. The normalized spacial score (nSPS) is 26.0. The molecule has 3 rings (SSSR count). The second-order valence-corrected chi connectivity index (χ2v) is 6.99. The van der Waals surface area contributed by atoms with Gasteiger partial charge in [0.05, 0.1) is 5.92 Å². The van der Waals surface area contributed by atoms with Crippen molar-refractivity contribution in [2.24, 2.45) is 5.92 Å². The van der Waals surface area contributed by atoms with Crippen molar-refractivity contribution in [1.29, 1.82) is 0 Å². The van der Waals surface area contributed by atoms with E-state index in [2.05, 4.69) is 4.98 Å². The van der Waals surface area contributed by atoms with Crippen LogP contribution in [0.15, 0.2) is 24.4 Å². The van der Waals surface area contributed by atoms with Crippen LogP contribution < -0.4 is 0 Å². The summed E-state index contributed by atoms with van der Waals surface area (Å²) in [7, 11) is 1.90. The molecule has 5 nitrogen and oxygen atoms in total. The fourth-order valence-electron chi connectivity index (χ4n) is 4.03. The van der Waals surface area contributed by atoms with Crippen LogP contribution in [0.5, 0.6) is 0 Å². The van der Waals surface area contributed by atoms with E-state index in [-0.39, 0.29) is 23.8 Å². The molecular weight excluding hydrogens is 302 g/mol. The number of aromatic nitrogens is 1. The van der Waals surface area contributed by atoms with E-state index >= 15 is 0 Å². The van der Waals surface area contributed by atoms with Crippen molar-refractivity contribution in [3.8, 4) is 0 Å². The molecule has 0 radical (unpaired) electrons. The first-order chi connectivity index (χ1) is 11.7. The summed E-state index contributed by atoms with van der Waals surface area (Å²) in [5.41, 5.74) is 0.485. The fraction of sp³-hybridized carbons (Fsp3) is 0.632. The maximum absolute atomic E-state index is 13.0. The Labute approximate surface area is 144 Å². The quantitative estimate of drug-likeness (QED) is 0.796. The Morgan fingerprint density at radius 2 is 1.88 bits per heavy atom. The maximum Gasteiger partial charge on any atom is 0.272 e. The lowest BCUT2D eigenvalue weighted by Gasteiger charge is -2.33. The first-order valence-corrected chi connectivity index (χ1v) is 9.15. The van der Waals surface area contributed by atoms with Gasteiger partial charge < -0.3 is 9.80 Å². The second kappa shape index (κ2) is 7.77. The van der Waals surface area contributed by atoms with Crippen LogP contribution in [-0.4, -0.2) is 52.8 Å². The lowest BCUT2D eigenvalue weighted by Crippen LogP contribution is -2.47. The van der Waals surface area contributed by atoms with Gasteiger partial charge in [-0.1, -0.05) is 25.3 Å². The summed E-state index contributed by atoms with van der Waals surface area (Å²) in [6.45, 7) is 1.56. The minimum absolute atomic E-state index is 0.0209. The molecule has 0 N–H and O–H groups in total. The smallest absolute Gasteiger partial charge is 0.272 e. The summed E-state index contributed by atoms with van der Waals surface area (Å²) in [5, 5.41) is 0. The molecule has 1 aliphatic heterocycles. The summed E-state index contributed by atoms with van der Waals surface area (Å²) in [5.74, 6) is 0.126. The van der Waals surface area contributed by atoms with Crippen LogP contribution in [0.1, 0.15) is 55.4 Å². The summed E-state index contributed by atoms with van der Waals surface area (Å²) >= 11 is 0. The van der Waals surface area contributed by atoms with E-state index in [1.807, 2.05) is 29.0 Å². The number of fused-ring (bicyclic) bond motifs is 1. The molecule has 1 saturated heterocycles. The van der Waals surface area contributed by atoms with E-state index in [1.54, 1.807) is 12.3 Å². The van der Waals surface area contributed by atoms with E-state index in [0.717, 1.165) is 58.0 Å². The van der Waals surface area contributed by atoms with Gasteiger partial charge in [-0.2, -0.15) is 0 Å². The summed E-state index contributed by atoms with van der Waals surface area (Å²) in [6, 6.07) is 5.45. The van der Waals surface area contributed by atoms with E-state index in [4.69, 9.17) is 0 Å². The maximum atomic E-state index is 13.0. The number of carbonyl (C=O) groups excluding carboxylic acids is 2. The van der Waals surface area contributed by atoms with Crippen LogP contribution in [0.2, 0.25) is 0 Å². The SMILES string of the molecule is CN1CCCCCCN(C(=O)c2ccccn2)[C@H]2CCC[C@H]2C1=O. The Bertz CT molecular complexity index is 575. The Balaban J connectivity index is 1.86. The number of rotatable bonds is 1. The molecule has 2 aliphatic rings. The molecule has 0 unspecified atom stereocenters. The third kappa shape index (κ3) is 3.60. The molecule has 2 amide bonds. The minimum atomic E-state index is -0.0548. The van der Waals surface area contributed by atoms with Gasteiger partial charge in [0.2, 0.25) is 5.91 Å². The van der Waals surface area contributed by atoms with Crippen LogP contribution in [0.3, 0.4) is 0 Å². The molecule has 2 atom stereocenters. The van der Waals surface area contributed by atoms with Gasteiger partial charge in [0.25, 0.3) is 5.91 Å². The molecule has 2 heterocycles. The van der Waals surface area contributed by atoms with Crippen molar-refractivity contribution in [3.05, 3.63) is 30.1 Å². The highest BCUT2D eigenvalue weighted by molar-refractivity contribution is 5.93. The highest BCUT2D eigenvalue weighted by Crippen LogP contribution is 2.33. The Morgan fingerprint density at radius 3 is 2.62 bits per heavy atom. The molecule has 1 aliphatic carbocycles. The molecule has 0 bridgehead atoms. The van der Waals surface area contributed by atoms with Gasteiger partial charge >= 0.3 is 0 Å². The number of nitrogens with zero attached hydrogens (tertiary/aromatic N) is 3. The van der Waals surface area contributed by atoms with Gasteiger partial charge in [-0.25, -0.2) is 0 Å². The zero-order valence-electron chi connectivity index (χ0n) is 14.5. The number of pyridine rings is 1. The van der Waals surface area contributed by atoms with Crippen LogP contribution in [-0.2, 0) is 4.79 Å². The van der Waals surface area contributed by atoms with E-state index < -0.39 is 0 Å². The minimum Gasteiger partial charge on any atom is -0.345 e. The predicted octanol–water partition coefficient (Wildman–Crippen LogP) is 2.72. The van der Waals surface area contributed by atoms with Crippen molar-refractivity contribution in [3.63, 3.8) is 0 Å². The number of hydrogen-bond acceptors (Lipinski definition) is 3. The molecule has 5 heteroatoms. The molecule has 1 aromatic rings. The van der Waals surface area contributed by atoms with Crippen molar-refractivity contribution < 1.29 is 9.59 Å². The number of hydrogen-bond donors (Lipinski definition) is 0. The third-order valence-electron chi connectivity index (χ3n) is 5.36.